The summed E-state index contributed by atoms with van der Waals surface area (Å²) in [6, 6.07) is 17.1. The predicted octanol–water partition coefficient (Wildman–Crippen LogP) is 7.88. The lowest BCUT2D eigenvalue weighted by atomic mass is 10.0. The first-order valence-electron chi connectivity index (χ1n) is 10.1. The number of hydrogen-bond donors (Lipinski definition) is 0. The molecule has 0 saturated heterocycles. The van der Waals surface area contributed by atoms with Crippen LogP contribution in [-0.4, -0.2) is 0 Å². The van der Waals surface area contributed by atoms with Crippen molar-refractivity contribution in [3.05, 3.63) is 77.4 Å². The van der Waals surface area contributed by atoms with Gasteiger partial charge in [0, 0.05) is 0 Å². The zero-order chi connectivity index (χ0) is 19.7. The summed E-state index contributed by atoms with van der Waals surface area (Å²) in [7, 11) is 0. The standard InChI is InChI=1S/C11H14.C9H12.C6H12/c1-4-10(3)11-7-5-9(2)6-8-11;1-3-9-6-4-8(2)5-7-9;1-4-5(2)6(4)3/h5-8H,3-4H2,1-2H3;4-7H,3H2,1-2H3;4-6H,1-3H3. The third-order valence-electron chi connectivity index (χ3n) is 5.76. The molecule has 0 atom stereocenters. The van der Waals surface area contributed by atoms with Gasteiger partial charge < -0.3 is 0 Å². The van der Waals surface area contributed by atoms with E-state index in [2.05, 4.69) is 104 Å². The number of aryl methyl sites for hydroxylation is 3. The normalized spacial score (nSPS) is 20.2. The van der Waals surface area contributed by atoms with Crippen LogP contribution in [0.25, 0.3) is 5.57 Å². The van der Waals surface area contributed by atoms with E-state index in [1.807, 2.05) is 0 Å². The highest BCUT2D eigenvalue weighted by Crippen LogP contribution is 2.44. The van der Waals surface area contributed by atoms with E-state index in [1.54, 1.807) is 0 Å². The van der Waals surface area contributed by atoms with Gasteiger partial charge in [0.05, 0.1) is 0 Å². The van der Waals surface area contributed by atoms with E-state index in [-0.39, 0.29) is 0 Å². The highest BCUT2D eigenvalue weighted by Gasteiger charge is 2.37. The van der Waals surface area contributed by atoms with Crippen molar-refractivity contribution in [1.82, 2.24) is 0 Å². The molecular weight excluding hydrogens is 312 g/mol. The maximum absolute atomic E-state index is 3.97. The molecule has 0 aliphatic heterocycles. The van der Waals surface area contributed by atoms with Gasteiger partial charge in [-0.25, -0.2) is 0 Å². The largest absolute Gasteiger partial charge is 0.0952 e. The van der Waals surface area contributed by atoms with Crippen LogP contribution >= 0.6 is 0 Å². The van der Waals surface area contributed by atoms with Crippen LogP contribution in [0, 0.1) is 31.6 Å². The zero-order valence-corrected chi connectivity index (χ0v) is 18.0. The lowest BCUT2D eigenvalue weighted by Crippen LogP contribution is -1.80. The van der Waals surface area contributed by atoms with Gasteiger partial charge in [-0.05, 0) is 61.1 Å². The topological polar surface area (TPSA) is 0 Å². The van der Waals surface area contributed by atoms with Crippen LogP contribution in [0.4, 0.5) is 0 Å². The van der Waals surface area contributed by atoms with Gasteiger partial charge in [0.1, 0.15) is 0 Å². The summed E-state index contributed by atoms with van der Waals surface area (Å²) in [5.74, 6) is 3.06. The Balaban J connectivity index is 0.000000203. The summed E-state index contributed by atoms with van der Waals surface area (Å²) in [4.78, 5) is 0. The van der Waals surface area contributed by atoms with Crippen molar-refractivity contribution >= 4 is 5.57 Å². The molecule has 1 aliphatic rings. The van der Waals surface area contributed by atoms with E-state index in [4.69, 9.17) is 0 Å². The molecule has 0 amide bonds. The molecule has 3 rings (SSSR count). The smallest absolute Gasteiger partial charge is 0.0230 e. The van der Waals surface area contributed by atoms with E-state index in [0.717, 1.165) is 30.6 Å². The Morgan fingerprint density at radius 3 is 1.42 bits per heavy atom. The summed E-state index contributed by atoms with van der Waals surface area (Å²) in [6.07, 6.45) is 2.17. The third kappa shape index (κ3) is 7.60. The van der Waals surface area contributed by atoms with Crippen molar-refractivity contribution in [3.8, 4) is 0 Å². The fraction of sp³-hybridized carbons (Fsp3) is 0.462. The second kappa shape index (κ2) is 11.0. The Hall–Kier alpha value is -1.82. The molecule has 0 spiro atoms. The van der Waals surface area contributed by atoms with Crippen molar-refractivity contribution in [1.29, 1.82) is 0 Å². The summed E-state index contributed by atoms with van der Waals surface area (Å²) in [5.41, 5.74) is 6.54. The number of rotatable bonds is 3. The molecule has 0 unspecified atom stereocenters. The van der Waals surface area contributed by atoms with E-state index in [0.29, 0.717) is 0 Å². The molecule has 0 nitrogen and oxygen atoms in total. The Morgan fingerprint density at radius 1 is 0.731 bits per heavy atom. The van der Waals surface area contributed by atoms with Gasteiger partial charge in [-0.2, -0.15) is 0 Å². The minimum absolute atomic E-state index is 1.02. The number of allylic oxidation sites excluding steroid dienone is 1. The molecule has 26 heavy (non-hydrogen) atoms. The highest BCUT2D eigenvalue weighted by molar-refractivity contribution is 5.63. The molecule has 0 N–H and O–H groups in total. The molecule has 1 fully saturated rings. The van der Waals surface area contributed by atoms with Gasteiger partial charge >= 0.3 is 0 Å². The van der Waals surface area contributed by atoms with Gasteiger partial charge in [0.25, 0.3) is 0 Å². The third-order valence-corrected chi connectivity index (χ3v) is 5.76. The number of hydrogen-bond acceptors (Lipinski definition) is 0. The van der Waals surface area contributed by atoms with Crippen molar-refractivity contribution in [2.45, 2.75) is 61.3 Å². The highest BCUT2D eigenvalue weighted by atomic mass is 14.4. The fourth-order valence-corrected chi connectivity index (χ4v) is 2.73. The molecule has 2 aromatic rings. The summed E-state index contributed by atoms with van der Waals surface area (Å²) >= 11 is 0. The molecule has 142 valence electrons. The van der Waals surface area contributed by atoms with E-state index >= 15 is 0 Å². The SMILES string of the molecule is C=C(CC)c1ccc(C)cc1.CC1C(C)C1C.CCc1ccc(C)cc1. The second-order valence-electron chi connectivity index (χ2n) is 7.74. The Kier molecular flexibility index (Phi) is 9.41. The van der Waals surface area contributed by atoms with Gasteiger partial charge in [0.15, 0.2) is 0 Å². The first kappa shape index (κ1) is 22.2. The average Bonchev–Trinajstić information content (AvgIpc) is 3.19. The number of benzene rings is 2. The minimum atomic E-state index is 1.02. The molecule has 0 bridgehead atoms. The van der Waals surface area contributed by atoms with Crippen molar-refractivity contribution in [2.75, 3.05) is 0 Å². The molecule has 0 aromatic heterocycles. The molecule has 0 heterocycles. The van der Waals surface area contributed by atoms with Gasteiger partial charge in [-0.3, -0.25) is 0 Å². The van der Waals surface area contributed by atoms with Crippen LogP contribution < -0.4 is 0 Å². The first-order chi connectivity index (χ1) is 12.3. The average molecular weight is 351 g/mol. The first-order valence-corrected chi connectivity index (χ1v) is 10.1. The molecule has 1 saturated carbocycles. The summed E-state index contributed by atoms with van der Waals surface area (Å²) < 4.78 is 0. The minimum Gasteiger partial charge on any atom is -0.0952 e. The monoisotopic (exact) mass is 350 g/mol. The van der Waals surface area contributed by atoms with Gasteiger partial charge in [-0.1, -0.05) is 101 Å². The van der Waals surface area contributed by atoms with Crippen LogP contribution in [0.5, 0.6) is 0 Å². The molecule has 0 radical (unpaired) electrons. The predicted molar refractivity (Wildman–Crippen MR) is 119 cm³/mol. The maximum Gasteiger partial charge on any atom is -0.0230 e. The second-order valence-corrected chi connectivity index (χ2v) is 7.74. The maximum atomic E-state index is 3.97. The van der Waals surface area contributed by atoms with E-state index in [1.165, 1.54) is 27.8 Å². The van der Waals surface area contributed by atoms with E-state index < -0.39 is 0 Å². The quantitative estimate of drug-likeness (QED) is 0.528. The summed E-state index contributed by atoms with van der Waals surface area (Å²) in [6.45, 7) is 19.4. The lowest BCUT2D eigenvalue weighted by molar-refractivity contribution is 0.834. The van der Waals surface area contributed by atoms with E-state index in [9.17, 15) is 0 Å². The van der Waals surface area contributed by atoms with Crippen LogP contribution in [0.3, 0.4) is 0 Å². The lowest BCUT2D eigenvalue weighted by Gasteiger charge is -2.01. The zero-order valence-electron chi connectivity index (χ0n) is 18.0. The van der Waals surface area contributed by atoms with Gasteiger partial charge in [-0.15, -0.1) is 0 Å². The fourth-order valence-electron chi connectivity index (χ4n) is 2.73. The molecule has 2 aromatic carbocycles. The Labute approximate surface area is 162 Å². The Bertz CT molecular complexity index is 625. The van der Waals surface area contributed by atoms with Gasteiger partial charge in [0.2, 0.25) is 0 Å². The molecule has 0 heteroatoms. The molecular formula is C26H38. The van der Waals surface area contributed by atoms with Crippen LogP contribution in [0.2, 0.25) is 0 Å². The van der Waals surface area contributed by atoms with Crippen LogP contribution in [0.15, 0.2) is 55.1 Å². The Morgan fingerprint density at radius 2 is 1.12 bits per heavy atom. The van der Waals surface area contributed by atoms with Crippen molar-refractivity contribution < 1.29 is 0 Å². The van der Waals surface area contributed by atoms with Crippen molar-refractivity contribution in [3.63, 3.8) is 0 Å². The van der Waals surface area contributed by atoms with Crippen LogP contribution in [0.1, 0.15) is 63.3 Å². The van der Waals surface area contributed by atoms with Crippen LogP contribution in [-0.2, 0) is 6.42 Å². The molecule has 1 aliphatic carbocycles. The van der Waals surface area contributed by atoms with Crippen molar-refractivity contribution in [2.24, 2.45) is 17.8 Å². The summed E-state index contributed by atoms with van der Waals surface area (Å²) in [5, 5.41) is 0.